The van der Waals surface area contributed by atoms with Crippen LogP contribution in [0.25, 0.3) is 0 Å². The highest BCUT2D eigenvalue weighted by Crippen LogP contribution is 2.42. The van der Waals surface area contributed by atoms with Crippen molar-refractivity contribution in [3.05, 3.63) is 0 Å². The Morgan fingerprint density at radius 3 is 2.16 bits per heavy atom. The maximum absolute atomic E-state index is 12.0. The van der Waals surface area contributed by atoms with Crippen molar-refractivity contribution >= 4 is 27.8 Å². The van der Waals surface area contributed by atoms with E-state index in [1.807, 2.05) is 20.8 Å². The van der Waals surface area contributed by atoms with E-state index in [9.17, 15) is 9.59 Å². The number of nitrogens with zero attached hydrogens (tertiary/aromatic N) is 1. The van der Waals surface area contributed by atoms with E-state index in [1.165, 1.54) is 0 Å². The first kappa shape index (κ1) is 14.8. The Kier molecular flexibility index (Phi) is 4.23. The molecular weight excluding hydrogens is 310 g/mol. The highest BCUT2D eigenvalue weighted by Gasteiger charge is 2.44. The van der Waals surface area contributed by atoms with Gasteiger partial charge in [-0.25, -0.2) is 4.79 Å². The number of alkyl halides is 1. The fourth-order valence-electron chi connectivity index (χ4n) is 3.15. The molecule has 2 aliphatic rings. The van der Waals surface area contributed by atoms with Crippen molar-refractivity contribution in [1.29, 1.82) is 0 Å². The van der Waals surface area contributed by atoms with Crippen LogP contribution < -0.4 is 0 Å². The van der Waals surface area contributed by atoms with Gasteiger partial charge in [-0.3, -0.25) is 4.79 Å². The van der Waals surface area contributed by atoms with Gasteiger partial charge in [-0.15, -0.1) is 0 Å². The van der Waals surface area contributed by atoms with Crippen LogP contribution in [-0.4, -0.2) is 40.8 Å². The fourth-order valence-corrected chi connectivity index (χ4v) is 3.61. The molecule has 0 spiro atoms. The van der Waals surface area contributed by atoms with Crippen molar-refractivity contribution in [2.24, 2.45) is 17.8 Å². The maximum atomic E-state index is 12.0. The standard InChI is InChI=1S/C14H22BrNO3/c1-14(2,3)19-13(18)16-7-10-4-9(12(17)6-15)5-11(10)8-16/h9-11H,4-8H2,1-3H3/t9?,10-,11+. The van der Waals surface area contributed by atoms with Gasteiger partial charge in [0.15, 0.2) is 0 Å². The number of hydrogen-bond donors (Lipinski definition) is 0. The number of halogens is 1. The van der Waals surface area contributed by atoms with E-state index < -0.39 is 5.60 Å². The summed E-state index contributed by atoms with van der Waals surface area (Å²) in [6, 6.07) is 0. The maximum Gasteiger partial charge on any atom is 0.410 e. The number of fused-ring (bicyclic) bond motifs is 1. The molecule has 1 aliphatic carbocycles. The highest BCUT2D eigenvalue weighted by atomic mass is 79.9. The third-order valence-corrected chi connectivity index (χ3v) is 4.54. The van der Waals surface area contributed by atoms with Gasteiger partial charge in [0.1, 0.15) is 11.4 Å². The van der Waals surface area contributed by atoms with Crippen LogP contribution in [-0.2, 0) is 9.53 Å². The predicted octanol–water partition coefficient (Wildman–Crippen LogP) is 2.84. The van der Waals surface area contributed by atoms with Crippen LogP contribution in [0.15, 0.2) is 0 Å². The topological polar surface area (TPSA) is 46.6 Å². The molecule has 108 valence electrons. The zero-order chi connectivity index (χ0) is 14.2. The first-order valence-electron chi connectivity index (χ1n) is 6.86. The summed E-state index contributed by atoms with van der Waals surface area (Å²) >= 11 is 3.24. The first-order chi connectivity index (χ1) is 8.80. The van der Waals surface area contributed by atoms with Gasteiger partial charge in [0.05, 0.1) is 5.33 Å². The number of amides is 1. The average molecular weight is 332 g/mol. The zero-order valence-electron chi connectivity index (χ0n) is 11.8. The lowest BCUT2D eigenvalue weighted by molar-refractivity contribution is -0.120. The molecule has 0 bridgehead atoms. The number of likely N-dealkylation sites (tertiary alicyclic amines) is 1. The summed E-state index contributed by atoms with van der Waals surface area (Å²) in [5.74, 6) is 1.44. The Balaban J connectivity index is 1.87. The van der Waals surface area contributed by atoms with Gasteiger partial charge >= 0.3 is 6.09 Å². The largest absolute Gasteiger partial charge is 0.444 e. The van der Waals surface area contributed by atoms with Crippen molar-refractivity contribution in [1.82, 2.24) is 4.90 Å². The van der Waals surface area contributed by atoms with E-state index in [-0.39, 0.29) is 12.0 Å². The third-order valence-electron chi connectivity index (χ3n) is 3.99. The number of ether oxygens (including phenoxy) is 1. The molecule has 4 nitrogen and oxygen atoms in total. The van der Waals surface area contributed by atoms with Gasteiger partial charge in [-0.1, -0.05) is 15.9 Å². The van der Waals surface area contributed by atoms with Crippen LogP contribution in [0, 0.1) is 17.8 Å². The van der Waals surface area contributed by atoms with Crippen LogP contribution in [0.3, 0.4) is 0 Å². The Morgan fingerprint density at radius 1 is 1.21 bits per heavy atom. The van der Waals surface area contributed by atoms with Gasteiger partial charge < -0.3 is 9.64 Å². The molecule has 1 aliphatic heterocycles. The van der Waals surface area contributed by atoms with Crippen molar-refractivity contribution in [3.63, 3.8) is 0 Å². The van der Waals surface area contributed by atoms with Crippen LogP contribution in [0.2, 0.25) is 0 Å². The SMILES string of the molecule is CC(C)(C)OC(=O)N1C[C@H]2CC(C(=O)CBr)C[C@H]2C1. The van der Waals surface area contributed by atoms with Crippen LogP contribution >= 0.6 is 15.9 Å². The smallest absolute Gasteiger partial charge is 0.410 e. The number of rotatable bonds is 2. The molecule has 0 radical (unpaired) electrons. The third kappa shape index (κ3) is 3.50. The lowest BCUT2D eigenvalue weighted by atomic mass is 10.0. The molecule has 0 aromatic carbocycles. The van der Waals surface area contributed by atoms with E-state index in [2.05, 4.69) is 15.9 Å². The molecule has 2 fully saturated rings. The minimum Gasteiger partial charge on any atom is -0.444 e. The van der Waals surface area contributed by atoms with Gasteiger partial charge in [0.25, 0.3) is 0 Å². The monoisotopic (exact) mass is 331 g/mol. The summed E-state index contributed by atoms with van der Waals surface area (Å²) in [4.78, 5) is 25.5. The molecule has 0 N–H and O–H groups in total. The zero-order valence-corrected chi connectivity index (χ0v) is 13.4. The predicted molar refractivity (Wildman–Crippen MR) is 76.3 cm³/mol. The van der Waals surface area contributed by atoms with E-state index in [0.717, 1.165) is 25.9 Å². The van der Waals surface area contributed by atoms with Crippen molar-refractivity contribution in [3.8, 4) is 0 Å². The lowest BCUT2D eigenvalue weighted by Gasteiger charge is -2.25. The summed E-state index contributed by atoms with van der Waals surface area (Å²) < 4.78 is 5.39. The molecule has 1 saturated carbocycles. The molecule has 5 heteroatoms. The summed E-state index contributed by atoms with van der Waals surface area (Å²) in [5, 5.41) is 0.451. The first-order valence-corrected chi connectivity index (χ1v) is 7.99. The Bertz CT molecular complexity index is 363. The number of hydrogen-bond acceptors (Lipinski definition) is 3. The number of ketones is 1. The van der Waals surface area contributed by atoms with Crippen molar-refractivity contribution in [2.75, 3.05) is 18.4 Å². The molecule has 1 amide bonds. The second-order valence-corrected chi connectivity index (χ2v) is 7.23. The molecule has 1 saturated heterocycles. The van der Waals surface area contributed by atoms with Crippen molar-refractivity contribution in [2.45, 2.75) is 39.2 Å². The van der Waals surface area contributed by atoms with Crippen LogP contribution in [0.5, 0.6) is 0 Å². The molecule has 0 aromatic rings. The molecule has 2 rings (SSSR count). The molecule has 1 unspecified atom stereocenters. The highest BCUT2D eigenvalue weighted by molar-refractivity contribution is 9.09. The summed E-state index contributed by atoms with van der Waals surface area (Å²) in [7, 11) is 0. The summed E-state index contributed by atoms with van der Waals surface area (Å²) in [6.45, 7) is 7.13. The normalized spacial score (nSPS) is 30.3. The quantitative estimate of drug-likeness (QED) is 0.731. The molecular formula is C14H22BrNO3. The Labute approximate surface area is 123 Å². The Morgan fingerprint density at radius 2 is 1.74 bits per heavy atom. The fraction of sp³-hybridized carbons (Fsp3) is 0.857. The van der Waals surface area contributed by atoms with Gasteiger partial charge in [-0.05, 0) is 45.4 Å². The molecule has 3 atom stereocenters. The van der Waals surface area contributed by atoms with E-state index in [4.69, 9.17) is 4.74 Å². The minimum atomic E-state index is -0.441. The lowest BCUT2D eigenvalue weighted by Crippen LogP contribution is -2.36. The summed E-state index contributed by atoms with van der Waals surface area (Å²) in [6.07, 6.45) is 1.63. The van der Waals surface area contributed by atoms with Crippen molar-refractivity contribution < 1.29 is 14.3 Å². The van der Waals surface area contributed by atoms with Gasteiger partial charge in [-0.2, -0.15) is 0 Å². The van der Waals surface area contributed by atoms with E-state index >= 15 is 0 Å². The summed E-state index contributed by atoms with van der Waals surface area (Å²) in [5.41, 5.74) is -0.441. The van der Waals surface area contributed by atoms with Crippen LogP contribution in [0.4, 0.5) is 4.79 Å². The van der Waals surface area contributed by atoms with Crippen LogP contribution in [0.1, 0.15) is 33.6 Å². The second-order valence-electron chi connectivity index (χ2n) is 6.67. The average Bonchev–Trinajstić information content (AvgIpc) is 2.82. The number of carbonyl (C=O) groups is 2. The van der Waals surface area contributed by atoms with E-state index in [1.54, 1.807) is 4.90 Å². The number of carbonyl (C=O) groups excluding carboxylic acids is 2. The Hall–Kier alpha value is -0.580. The minimum absolute atomic E-state index is 0.190. The van der Waals surface area contributed by atoms with E-state index in [0.29, 0.717) is 22.9 Å². The number of Topliss-reactive ketones (excluding diaryl/α,β-unsaturated/α-hetero) is 1. The molecule has 1 heterocycles. The van der Waals surface area contributed by atoms with Gasteiger partial charge in [0, 0.05) is 19.0 Å². The van der Waals surface area contributed by atoms with Gasteiger partial charge in [0.2, 0.25) is 0 Å². The molecule has 19 heavy (non-hydrogen) atoms. The second kappa shape index (κ2) is 5.43. The molecule has 0 aromatic heterocycles.